The second kappa shape index (κ2) is 15.8. The summed E-state index contributed by atoms with van der Waals surface area (Å²) in [4.78, 5) is 20.3. The number of carbonyl (C=O) groups excluding carboxylic acids is 2. The molecular formula is C15H33NO4. The average Bonchev–Trinajstić information content (AvgIpc) is 2.36. The van der Waals surface area contributed by atoms with Crippen LogP contribution in [0.1, 0.15) is 67.7 Å². The fourth-order valence-corrected chi connectivity index (χ4v) is 1.09. The Labute approximate surface area is 124 Å². The highest BCUT2D eigenvalue weighted by Crippen LogP contribution is 2.07. The third-order valence-electron chi connectivity index (χ3n) is 1.85. The molecular weight excluding hydrogens is 258 g/mol. The van der Waals surface area contributed by atoms with Gasteiger partial charge in [-0.25, -0.2) is 4.79 Å². The third kappa shape index (κ3) is 25.6. The zero-order valence-electron chi connectivity index (χ0n) is 14.4. The van der Waals surface area contributed by atoms with Crippen LogP contribution in [0, 0.1) is 0 Å². The summed E-state index contributed by atoms with van der Waals surface area (Å²) in [5, 5.41) is 2.81. The van der Waals surface area contributed by atoms with Crippen LogP contribution in [-0.2, 0) is 14.3 Å². The number of alkyl carbamates (subject to hydrolysis) is 1. The Kier molecular flexibility index (Phi) is 18.8. The smallest absolute Gasteiger partial charge is 0.407 e. The van der Waals surface area contributed by atoms with Gasteiger partial charge in [0.15, 0.2) is 0 Å². The van der Waals surface area contributed by atoms with Gasteiger partial charge in [0.25, 0.3) is 6.47 Å². The van der Waals surface area contributed by atoms with Gasteiger partial charge in [-0.2, -0.15) is 0 Å². The normalized spacial score (nSPS) is 10.8. The van der Waals surface area contributed by atoms with Gasteiger partial charge in [-0.3, -0.25) is 4.79 Å². The predicted octanol–water partition coefficient (Wildman–Crippen LogP) is 3.91. The summed E-state index contributed by atoms with van der Waals surface area (Å²) in [7, 11) is 1.31. The van der Waals surface area contributed by atoms with Crippen molar-refractivity contribution in [2.75, 3.05) is 7.11 Å². The van der Waals surface area contributed by atoms with E-state index in [1.165, 1.54) is 7.11 Å². The highest BCUT2D eigenvalue weighted by molar-refractivity contribution is 5.67. The lowest BCUT2D eigenvalue weighted by Crippen LogP contribution is -2.37. The minimum atomic E-state index is -0.408. The maximum Gasteiger partial charge on any atom is 0.407 e. The van der Waals surface area contributed by atoms with Crippen molar-refractivity contribution in [3.8, 4) is 0 Å². The van der Waals surface area contributed by atoms with E-state index in [1.807, 2.05) is 41.5 Å². The molecule has 0 radical (unpaired) electrons. The van der Waals surface area contributed by atoms with Crippen LogP contribution in [0.4, 0.5) is 4.79 Å². The molecule has 5 nitrogen and oxygen atoms in total. The summed E-state index contributed by atoms with van der Waals surface area (Å²) in [5.41, 5.74) is -0.408. The summed E-state index contributed by atoms with van der Waals surface area (Å²) < 4.78 is 9.00. The Morgan fingerprint density at radius 2 is 1.75 bits per heavy atom. The van der Waals surface area contributed by atoms with Crippen LogP contribution in [-0.4, -0.2) is 31.3 Å². The molecule has 0 saturated carbocycles. The molecule has 0 heterocycles. The third-order valence-corrected chi connectivity index (χ3v) is 1.85. The van der Waals surface area contributed by atoms with E-state index in [2.05, 4.69) is 17.0 Å². The first-order valence-corrected chi connectivity index (χ1v) is 7.22. The highest BCUT2D eigenvalue weighted by atomic mass is 16.6. The van der Waals surface area contributed by atoms with Crippen molar-refractivity contribution in [3.05, 3.63) is 0 Å². The van der Waals surface area contributed by atoms with E-state index in [9.17, 15) is 4.79 Å². The van der Waals surface area contributed by atoms with Crippen molar-refractivity contribution in [3.63, 3.8) is 0 Å². The number of carbonyl (C=O) groups is 2. The molecule has 0 aliphatic rings. The van der Waals surface area contributed by atoms with Crippen LogP contribution >= 0.6 is 0 Å². The molecule has 1 atom stereocenters. The van der Waals surface area contributed by atoms with Gasteiger partial charge in [-0.05, 0) is 34.1 Å². The van der Waals surface area contributed by atoms with Crippen molar-refractivity contribution in [1.29, 1.82) is 0 Å². The quantitative estimate of drug-likeness (QED) is 0.780. The molecule has 0 fully saturated rings. The molecule has 1 N–H and O–H groups in total. The summed E-state index contributed by atoms with van der Waals surface area (Å²) in [6.45, 7) is 14.1. The first-order valence-electron chi connectivity index (χ1n) is 7.22. The van der Waals surface area contributed by atoms with Crippen LogP contribution in [0.3, 0.4) is 0 Å². The monoisotopic (exact) mass is 291 g/mol. The fraction of sp³-hybridized carbons (Fsp3) is 0.867. The van der Waals surface area contributed by atoms with Gasteiger partial charge in [-0.1, -0.05) is 33.6 Å². The first kappa shape index (κ1) is 23.8. The number of unbranched alkanes of at least 4 members (excludes halogenated alkanes) is 1. The largest absolute Gasteiger partial charge is 0.471 e. The molecule has 20 heavy (non-hydrogen) atoms. The molecule has 0 aromatic heterocycles. The molecule has 5 heteroatoms. The Morgan fingerprint density at radius 1 is 1.30 bits per heavy atom. The lowest BCUT2D eigenvalue weighted by Gasteiger charge is -2.21. The Balaban J connectivity index is -0.000000410. The molecule has 122 valence electrons. The minimum Gasteiger partial charge on any atom is -0.471 e. The Morgan fingerprint density at radius 3 is 2.05 bits per heavy atom. The molecule has 0 aromatic carbocycles. The van der Waals surface area contributed by atoms with Crippen molar-refractivity contribution in [2.24, 2.45) is 0 Å². The molecule has 0 aliphatic heterocycles. The lowest BCUT2D eigenvalue weighted by atomic mass is 10.1. The van der Waals surface area contributed by atoms with E-state index < -0.39 is 5.60 Å². The molecule has 1 amide bonds. The topological polar surface area (TPSA) is 64.6 Å². The van der Waals surface area contributed by atoms with Crippen molar-refractivity contribution >= 4 is 12.6 Å². The van der Waals surface area contributed by atoms with E-state index in [1.54, 1.807) is 0 Å². The molecule has 0 saturated heterocycles. The van der Waals surface area contributed by atoms with Crippen LogP contribution < -0.4 is 5.32 Å². The van der Waals surface area contributed by atoms with Crippen LogP contribution in [0.15, 0.2) is 0 Å². The highest BCUT2D eigenvalue weighted by Gasteiger charge is 2.17. The zero-order chi connectivity index (χ0) is 16.6. The minimum absolute atomic E-state index is 0.199. The van der Waals surface area contributed by atoms with E-state index in [0.29, 0.717) is 6.47 Å². The average molecular weight is 291 g/mol. The zero-order valence-corrected chi connectivity index (χ0v) is 14.4. The Bertz CT molecular complexity index is 224. The molecule has 0 aliphatic carbocycles. The van der Waals surface area contributed by atoms with Crippen molar-refractivity contribution < 1.29 is 19.1 Å². The van der Waals surface area contributed by atoms with E-state index in [-0.39, 0.29) is 12.1 Å². The van der Waals surface area contributed by atoms with Gasteiger partial charge < -0.3 is 14.8 Å². The molecule has 0 spiro atoms. The number of nitrogens with one attached hydrogen (secondary N) is 1. The summed E-state index contributed by atoms with van der Waals surface area (Å²) in [6.07, 6.45) is 2.98. The molecule has 0 aromatic rings. The van der Waals surface area contributed by atoms with E-state index in [0.717, 1.165) is 19.3 Å². The SMILES string of the molecule is CC.CCCCC(C)NC(=O)OC(C)(C)C.COC=O. The first-order chi connectivity index (χ1) is 9.26. The van der Waals surface area contributed by atoms with Gasteiger partial charge in [0, 0.05) is 6.04 Å². The standard InChI is InChI=1S/C11H23NO2.C2H4O2.C2H6/c1-6-7-8-9(2)12-10(13)14-11(3,4)5;1-4-2-3;1-2/h9H,6-8H2,1-5H3,(H,12,13);2H,1H3;1-2H3. The van der Waals surface area contributed by atoms with Gasteiger partial charge in [0.1, 0.15) is 5.60 Å². The van der Waals surface area contributed by atoms with Crippen LogP contribution in [0.2, 0.25) is 0 Å². The van der Waals surface area contributed by atoms with Crippen molar-refractivity contribution in [1.82, 2.24) is 5.32 Å². The fourth-order valence-electron chi connectivity index (χ4n) is 1.09. The van der Waals surface area contributed by atoms with Crippen LogP contribution in [0.5, 0.6) is 0 Å². The number of rotatable bonds is 5. The summed E-state index contributed by atoms with van der Waals surface area (Å²) in [6, 6.07) is 0.199. The van der Waals surface area contributed by atoms with Gasteiger partial charge in [0.05, 0.1) is 7.11 Å². The molecule has 0 bridgehead atoms. The predicted molar refractivity (Wildman–Crippen MR) is 82.8 cm³/mol. The maximum atomic E-state index is 11.3. The number of methoxy groups -OCH3 is 1. The number of amides is 1. The second-order valence-corrected chi connectivity index (χ2v) is 5.02. The molecule has 1 unspecified atom stereocenters. The maximum absolute atomic E-state index is 11.3. The lowest BCUT2D eigenvalue weighted by molar-refractivity contribution is -0.126. The van der Waals surface area contributed by atoms with E-state index >= 15 is 0 Å². The number of hydrogen-bond donors (Lipinski definition) is 1. The van der Waals surface area contributed by atoms with Gasteiger partial charge in [0.2, 0.25) is 0 Å². The van der Waals surface area contributed by atoms with Crippen molar-refractivity contribution in [2.45, 2.75) is 79.4 Å². The van der Waals surface area contributed by atoms with Gasteiger partial charge >= 0.3 is 6.09 Å². The number of ether oxygens (including phenoxy) is 2. The summed E-state index contributed by atoms with van der Waals surface area (Å²) >= 11 is 0. The van der Waals surface area contributed by atoms with Crippen LogP contribution in [0.25, 0.3) is 0 Å². The Hall–Kier alpha value is -1.26. The summed E-state index contributed by atoms with van der Waals surface area (Å²) in [5.74, 6) is 0. The van der Waals surface area contributed by atoms with E-state index in [4.69, 9.17) is 9.53 Å². The number of hydrogen-bond acceptors (Lipinski definition) is 4. The second-order valence-electron chi connectivity index (χ2n) is 5.02. The molecule has 0 rings (SSSR count). The van der Waals surface area contributed by atoms with Gasteiger partial charge in [-0.15, -0.1) is 0 Å².